The van der Waals surface area contributed by atoms with Crippen molar-refractivity contribution < 1.29 is 9.53 Å². The van der Waals surface area contributed by atoms with Crippen molar-refractivity contribution >= 4 is 5.97 Å². The number of aryl methyl sites for hydroxylation is 1. The van der Waals surface area contributed by atoms with Gasteiger partial charge in [-0.3, -0.25) is 9.48 Å². The lowest BCUT2D eigenvalue weighted by molar-refractivity contribution is -0.153. The lowest BCUT2D eigenvalue weighted by atomic mass is 10.2. The highest BCUT2D eigenvalue weighted by atomic mass is 16.6. The summed E-state index contributed by atoms with van der Waals surface area (Å²) in [5.41, 5.74) is 0.634. The van der Waals surface area contributed by atoms with Crippen molar-refractivity contribution in [2.45, 2.75) is 52.8 Å². The van der Waals surface area contributed by atoms with E-state index in [0.717, 1.165) is 12.1 Å². The van der Waals surface area contributed by atoms with Crippen LogP contribution in [0.5, 0.6) is 0 Å². The van der Waals surface area contributed by atoms with Crippen LogP contribution in [0.25, 0.3) is 0 Å². The van der Waals surface area contributed by atoms with Crippen molar-refractivity contribution in [3.05, 3.63) is 18.0 Å². The molecule has 0 aromatic carbocycles. The van der Waals surface area contributed by atoms with Crippen molar-refractivity contribution in [3.8, 4) is 0 Å². The summed E-state index contributed by atoms with van der Waals surface area (Å²) in [4.78, 5) is 11.6. The summed E-state index contributed by atoms with van der Waals surface area (Å²) in [5, 5.41) is 7.33. The van der Waals surface area contributed by atoms with E-state index in [4.69, 9.17) is 4.74 Å². The largest absolute Gasteiger partial charge is 0.459 e. The van der Waals surface area contributed by atoms with E-state index in [1.54, 1.807) is 0 Å². The zero-order valence-electron chi connectivity index (χ0n) is 11.9. The minimum Gasteiger partial charge on any atom is -0.459 e. The Morgan fingerprint density at radius 1 is 1.56 bits per heavy atom. The quantitative estimate of drug-likeness (QED) is 0.814. The van der Waals surface area contributed by atoms with Gasteiger partial charge in [0.25, 0.3) is 0 Å². The summed E-state index contributed by atoms with van der Waals surface area (Å²) >= 11 is 0. The van der Waals surface area contributed by atoms with Crippen LogP contribution in [0.1, 0.15) is 46.2 Å². The average molecular weight is 253 g/mol. The third-order valence-corrected chi connectivity index (χ3v) is 2.45. The van der Waals surface area contributed by atoms with Gasteiger partial charge in [0, 0.05) is 24.3 Å². The van der Waals surface area contributed by atoms with Gasteiger partial charge in [-0.05, 0) is 34.6 Å². The maximum Gasteiger partial charge on any atom is 0.320 e. The molecule has 0 bridgehead atoms. The Hall–Kier alpha value is -1.36. The summed E-state index contributed by atoms with van der Waals surface area (Å²) in [6, 6.07) is 0.0813. The molecule has 0 aliphatic heterocycles. The number of esters is 1. The van der Waals surface area contributed by atoms with Crippen molar-refractivity contribution in [1.29, 1.82) is 0 Å². The van der Waals surface area contributed by atoms with Crippen LogP contribution >= 0.6 is 0 Å². The molecule has 1 unspecified atom stereocenters. The Labute approximate surface area is 109 Å². The molecule has 18 heavy (non-hydrogen) atoms. The monoisotopic (exact) mass is 253 g/mol. The summed E-state index contributed by atoms with van der Waals surface area (Å²) in [7, 11) is 0. The molecule has 1 atom stereocenters. The van der Waals surface area contributed by atoms with Crippen LogP contribution in [0.3, 0.4) is 0 Å². The molecule has 5 nitrogen and oxygen atoms in total. The van der Waals surface area contributed by atoms with E-state index in [2.05, 4.69) is 10.4 Å². The van der Waals surface area contributed by atoms with Crippen LogP contribution in [0.2, 0.25) is 0 Å². The molecule has 0 aliphatic carbocycles. The number of aromatic nitrogens is 2. The molecule has 1 aromatic rings. The van der Waals surface area contributed by atoms with Gasteiger partial charge < -0.3 is 10.1 Å². The SMILES string of the molecule is CCn1cc(C(C)NCC(=O)OC(C)(C)C)cn1. The van der Waals surface area contributed by atoms with E-state index >= 15 is 0 Å². The Balaban J connectivity index is 2.41. The predicted octanol–water partition coefficient (Wildman–Crippen LogP) is 1.90. The minimum absolute atomic E-state index is 0.0813. The lowest BCUT2D eigenvalue weighted by Crippen LogP contribution is -2.32. The first kappa shape index (κ1) is 14.7. The Bertz CT molecular complexity index is 393. The number of nitrogens with zero attached hydrogens (tertiary/aromatic N) is 2. The fourth-order valence-corrected chi connectivity index (χ4v) is 1.51. The van der Waals surface area contributed by atoms with Crippen molar-refractivity contribution in [2.75, 3.05) is 6.54 Å². The van der Waals surface area contributed by atoms with E-state index in [0.29, 0.717) is 0 Å². The molecule has 0 saturated heterocycles. The van der Waals surface area contributed by atoms with Gasteiger partial charge in [-0.1, -0.05) is 0 Å². The molecule has 0 fully saturated rings. The molecule has 0 saturated carbocycles. The Kier molecular flexibility index (Phi) is 4.90. The number of ether oxygens (including phenoxy) is 1. The van der Waals surface area contributed by atoms with Crippen molar-refractivity contribution in [2.24, 2.45) is 0 Å². The van der Waals surface area contributed by atoms with Gasteiger partial charge >= 0.3 is 5.97 Å². The van der Waals surface area contributed by atoms with E-state index < -0.39 is 5.60 Å². The van der Waals surface area contributed by atoms with Crippen LogP contribution in [0, 0.1) is 0 Å². The highest BCUT2D eigenvalue weighted by molar-refractivity contribution is 5.72. The van der Waals surface area contributed by atoms with Gasteiger partial charge in [0.05, 0.1) is 12.7 Å². The topological polar surface area (TPSA) is 56.2 Å². The first-order valence-electron chi connectivity index (χ1n) is 6.29. The fourth-order valence-electron chi connectivity index (χ4n) is 1.51. The number of hydrogen-bond acceptors (Lipinski definition) is 4. The molecular formula is C13H23N3O2. The summed E-state index contributed by atoms with van der Waals surface area (Å²) in [5.74, 6) is -0.239. The zero-order valence-corrected chi connectivity index (χ0v) is 11.9. The number of hydrogen-bond donors (Lipinski definition) is 1. The lowest BCUT2D eigenvalue weighted by Gasteiger charge is -2.20. The molecule has 1 aromatic heterocycles. The minimum atomic E-state index is -0.435. The summed E-state index contributed by atoms with van der Waals surface area (Å²) < 4.78 is 7.09. The molecule has 0 amide bonds. The molecule has 1 rings (SSSR count). The first-order valence-corrected chi connectivity index (χ1v) is 6.29. The molecule has 0 radical (unpaired) electrons. The Morgan fingerprint density at radius 2 is 2.22 bits per heavy atom. The zero-order chi connectivity index (χ0) is 13.8. The van der Waals surface area contributed by atoms with Gasteiger partial charge in [-0.15, -0.1) is 0 Å². The van der Waals surface area contributed by atoms with Crippen LogP contribution in [-0.2, 0) is 16.1 Å². The standard InChI is InChI=1S/C13H23N3O2/c1-6-16-9-11(7-15-16)10(2)14-8-12(17)18-13(3,4)5/h7,9-10,14H,6,8H2,1-5H3. The van der Waals surface area contributed by atoms with E-state index in [-0.39, 0.29) is 18.6 Å². The van der Waals surface area contributed by atoms with Gasteiger partial charge in [0.1, 0.15) is 5.60 Å². The highest BCUT2D eigenvalue weighted by Gasteiger charge is 2.17. The summed E-state index contributed by atoms with van der Waals surface area (Å²) in [6.07, 6.45) is 3.79. The molecule has 0 spiro atoms. The third-order valence-electron chi connectivity index (χ3n) is 2.45. The number of nitrogens with one attached hydrogen (secondary N) is 1. The average Bonchev–Trinajstić information content (AvgIpc) is 2.72. The number of rotatable bonds is 5. The van der Waals surface area contributed by atoms with Crippen LogP contribution in [0.15, 0.2) is 12.4 Å². The molecule has 1 heterocycles. The van der Waals surface area contributed by atoms with E-state index in [9.17, 15) is 4.79 Å². The van der Waals surface area contributed by atoms with Crippen molar-refractivity contribution in [1.82, 2.24) is 15.1 Å². The van der Waals surface area contributed by atoms with Gasteiger partial charge in [0.2, 0.25) is 0 Å². The van der Waals surface area contributed by atoms with Crippen LogP contribution in [-0.4, -0.2) is 27.9 Å². The van der Waals surface area contributed by atoms with Gasteiger partial charge in [-0.25, -0.2) is 0 Å². The fraction of sp³-hybridized carbons (Fsp3) is 0.692. The highest BCUT2D eigenvalue weighted by Crippen LogP contribution is 2.11. The molecule has 1 N–H and O–H groups in total. The maximum absolute atomic E-state index is 11.6. The first-order chi connectivity index (χ1) is 8.31. The summed E-state index contributed by atoms with van der Waals surface area (Å²) in [6.45, 7) is 10.7. The number of carbonyl (C=O) groups excluding carboxylic acids is 1. The normalized spacial score (nSPS) is 13.4. The van der Waals surface area contributed by atoms with Crippen LogP contribution < -0.4 is 5.32 Å². The molecular weight excluding hydrogens is 230 g/mol. The van der Waals surface area contributed by atoms with Crippen LogP contribution in [0.4, 0.5) is 0 Å². The predicted molar refractivity (Wildman–Crippen MR) is 70.2 cm³/mol. The second kappa shape index (κ2) is 6.00. The maximum atomic E-state index is 11.6. The van der Waals surface area contributed by atoms with Gasteiger partial charge in [0.15, 0.2) is 0 Å². The van der Waals surface area contributed by atoms with Crippen molar-refractivity contribution in [3.63, 3.8) is 0 Å². The second-order valence-corrected chi connectivity index (χ2v) is 5.32. The van der Waals surface area contributed by atoms with E-state index in [1.807, 2.05) is 51.7 Å². The molecule has 0 aliphatic rings. The smallest absolute Gasteiger partial charge is 0.320 e. The van der Waals surface area contributed by atoms with E-state index in [1.165, 1.54) is 0 Å². The second-order valence-electron chi connectivity index (χ2n) is 5.32. The number of carbonyl (C=O) groups is 1. The van der Waals surface area contributed by atoms with Gasteiger partial charge in [-0.2, -0.15) is 5.10 Å². The molecule has 5 heteroatoms. The Morgan fingerprint density at radius 3 is 2.72 bits per heavy atom. The molecule has 102 valence electrons. The third kappa shape index (κ3) is 4.87.